The molecule has 0 radical (unpaired) electrons. The average Bonchev–Trinajstić information content (AvgIpc) is 2.36. The van der Waals surface area contributed by atoms with Gasteiger partial charge in [0.05, 0.1) is 12.8 Å². The van der Waals surface area contributed by atoms with E-state index in [4.69, 9.17) is 19.4 Å². The number of ether oxygens (including phenoxy) is 3. The van der Waals surface area contributed by atoms with Gasteiger partial charge in [-0.3, -0.25) is 0 Å². The molecule has 6 heteroatoms. The number of hydrogen-bond acceptors (Lipinski definition) is 6. The van der Waals surface area contributed by atoms with Crippen molar-refractivity contribution in [2.75, 3.05) is 13.2 Å². The number of benzene rings is 1. The fourth-order valence-electron chi connectivity index (χ4n) is 1.62. The summed E-state index contributed by atoms with van der Waals surface area (Å²) in [6, 6.07) is 5.14. The largest absolute Gasteiger partial charge is 0.490 e. The van der Waals surface area contributed by atoms with Gasteiger partial charge in [-0.05, 0) is 39.8 Å². The van der Waals surface area contributed by atoms with Crippen molar-refractivity contribution in [3.63, 3.8) is 0 Å². The third-order valence-electron chi connectivity index (χ3n) is 2.26. The second-order valence-electron chi connectivity index (χ2n) is 5.23. The minimum absolute atomic E-state index is 0.256. The molecule has 6 nitrogen and oxygen atoms in total. The molecule has 1 aromatic carbocycles. The van der Waals surface area contributed by atoms with Crippen LogP contribution in [0.4, 0.5) is 0 Å². The van der Waals surface area contributed by atoms with E-state index in [0.29, 0.717) is 23.7 Å². The summed E-state index contributed by atoms with van der Waals surface area (Å²) >= 11 is 0. The van der Waals surface area contributed by atoms with E-state index in [0.717, 1.165) is 0 Å². The molecule has 21 heavy (non-hydrogen) atoms. The number of rotatable bonds is 6. The summed E-state index contributed by atoms with van der Waals surface area (Å²) in [4.78, 5) is 11.7. The highest BCUT2D eigenvalue weighted by atomic mass is 16.6. The molecule has 0 saturated carbocycles. The molecule has 0 fully saturated rings. The Morgan fingerprint density at radius 3 is 2.62 bits per heavy atom. The predicted octanol–water partition coefficient (Wildman–Crippen LogP) is 2.61. The maximum atomic E-state index is 11.7. The van der Waals surface area contributed by atoms with E-state index in [9.17, 15) is 4.79 Å². The summed E-state index contributed by atoms with van der Waals surface area (Å²) in [5, 5.41) is 11.7. The molecule has 1 rings (SSSR count). The lowest BCUT2D eigenvalue weighted by atomic mass is 10.2. The van der Waals surface area contributed by atoms with Gasteiger partial charge in [-0.1, -0.05) is 11.2 Å². The van der Waals surface area contributed by atoms with Crippen molar-refractivity contribution in [3.8, 4) is 11.5 Å². The van der Waals surface area contributed by atoms with Crippen LogP contribution in [0.25, 0.3) is 0 Å². The maximum Gasteiger partial charge on any atom is 0.344 e. The molecular formula is C15H21NO5. The summed E-state index contributed by atoms with van der Waals surface area (Å²) in [6.07, 6.45) is 1.22. The summed E-state index contributed by atoms with van der Waals surface area (Å²) in [5.74, 6) is 0.321. The van der Waals surface area contributed by atoms with E-state index in [1.807, 2.05) is 6.92 Å². The summed E-state index contributed by atoms with van der Waals surface area (Å²) in [7, 11) is 0. The Labute approximate surface area is 124 Å². The number of para-hydroxylation sites is 1. The normalized spacial score (nSPS) is 11.4. The smallest absolute Gasteiger partial charge is 0.344 e. The van der Waals surface area contributed by atoms with E-state index in [-0.39, 0.29) is 6.61 Å². The van der Waals surface area contributed by atoms with Crippen molar-refractivity contribution >= 4 is 12.2 Å². The van der Waals surface area contributed by atoms with Gasteiger partial charge < -0.3 is 19.4 Å². The lowest BCUT2D eigenvalue weighted by Crippen LogP contribution is -2.27. The molecule has 0 bridgehead atoms. The van der Waals surface area contributed by atoms with Gasteiger partial charge in [0.15, 0.2) is 18.1 Å². The van der Waals surface area contributed by atoms with Crippen LogP contribution in [0.5, 0.6) is 11.5 Å². The zero-order valence-electron chi connectivity index (χ0n) is 12.8. The van der Waals surface area contributed by atoms with E-state index in [2.05, 4.69) is 5.16 Å². The van der Waals surface area contributed by atoms with Crippen LogP contribution in [0.2, 0.25) is 0 Å². The highest BCUT2D eigenvalue weighted by molar-refractivity contribution is 5.85. The Bertz CT molecular complexity index is 505. The van der Waals surface area contributed by atoms with Gasteiger partial charge in [0.2, 0.25) is 0 Å². The van der Waals surface area contributed by atoms with Crippen LogP contribution in [0, 0.1) is 0 Å². The summed E-state index contributed by atoms with van der Waals surface area (Å²) < 4.78 is 16.1. The lowest BCUT2D eigenvalue weighted by molar-refractivity contribution is -0.157. The van der Waals surface area contributed by atoms with E-state index in [1.54, 1.807) is 39.0 Å². The minimum atomic E-state index is -0.574. The van der Waals surface area contributed by atoms with Gasteiger partial charge in [0, 0.05) is 5.56 Å². The molecule has 0 spiro atoms. The van der Waals surface area contributed by atoms with Crippen molar-refractivity contribution in [2.45, 2.75) is 33.3 Å². The Kier molecular flexibility index (Phi) is 6.02. The van der Waals surface area contributed by atoms with Crippen LogP contribution in [0.1, 0.15) is 33.3 Å². The van der Waals surface area contributed by atoms with Gasteiger partial charge in [-0.2, -0.15) is 0 Å². The van der Waals surface area contributed by atoms with E-state index in [1.165, 1.54) is 6.21 Å². The Hall–Kier alpha value is -2.24. The number of carbonyl (C=O) groups excluding carboxylic acids is 1. The first-order valence-electron chi connectivity index (χ1n) is 6.65. The third-order valence-corrected chi connectivity index (χ3v) is 2.26. The monoisotopic (exact) mass is 295 g/mol. The predicted molar refractivity (Wildman–Crippen MR) is 78.3 cm³/mol. The molecule has 1 aromatic rings. The fraction of sp³-hybridized carbons (Fsp3) is 0.467. The zero-order chi connectivity index (χ0) is 15.9. The van der Waals surface area contributed by atoms with E-state index >= 15 is 0 Å². The Morgan fingerprint density at radius 1 is 1.33 bits per heavy atom. The van der Waals surface area contributed by atoms with Gasteiger partial charge in [0.1, 0.15) is 5.60 Å². The molecular weight excluding hydrogens is 274 g/mol. The van der Waals surface area contributed by atoms with Crippen molar-refractivity contribution in [1.82, 2.24) is 0 Å². The van der Waals surface area contributed by atoms with Crippen molar-refractivity contribution in [2.24, 2.45) is 5.16 Å². The third kappa shape index (κ3) is 5.72. The highest BCUT2D eigenvalue weighted by Crippen LogP contribution is 2.30. The molecule has 0 aliphatic rings. The number of oxime groups is 1. The number of nitrogens with zero attached hydrogens (tertiary/aromatic N) is 1. The molecule has 116 valence electrons. The Balaban J connectivity index is 2.87. The first-order chi connectivity index (χ1) is 9.87. The lowest BCUT2D eigenvalue weighted by Gasteiger charge is -2.20. The van der Waals surface area contributed by atoms with Crippen LogP contribution in [-0.2, 0) is 9.53 Å². The molecule has 0 unspecified atom stereocenters. The van der Waals surface area contributed by atoms with Crippen molar-refractivity contribution in [3.05, 3.63) is 23.8 Å². The van der Waals surface area contributed by atoms with Crippen LogP contribution in [-0.4, -0.2) is 36.2 Å². The molecule has 0 atom stereocenters. The molecule has 0 saturated heterocycles. The molecule has 0 aliphatic carbocycles. The van der Waals surface area contributed by atoms with Crippen LogP contribution >= 0.6 is 0 Å². The maximum absolute atomic E-state index is 11.7. The molecule has 0 amide bonds. The zero-order valence-corrected chi connectivity index (χ0v) is 12.8. The topological polar surface area (TPSA) is 77.4 Å². The van der Waals surface area contributed by atoms with Gasteiger partial charge in [-0.25, -0.2) is 4.79 Å². The van der Waals surface area contributed by atoms with Crippen LogP contribution in [0.15, 0.2) is 23.4 Å². The summed E-state index contributed by atoms with van der Waals surface area (Å²) in [5.41, 5.74) is -0.0677. The number of carbonyl (C=O) groups is 1. The van der Waals surface area contributed by atoms with Crippen molar-refractivity contribution < 1.29 is 24.2 Å². The number of esters is 1. The van der Waals surface area contributed by atoms with Crippen LogP contribution in [0.3, 0.4) is 0 Å². The molecule has 0 aliphatic heterocycles. The second-order valence-corrected chi connectivity index (χ2v) is 5.23. The molecule has 0 aromatic heterocycles. The standard InChI is InChI=1S/C15H21NO5/c1-5-19-12-8-6-7-11(9-16-18)14(12)20-10-13(17)21-15(2,3)4/h6-9,18H,5,10H2,1-4H3. The second kappa shape index (κ2) is 7.52. The first kappa shape index (κ1) is 16.8. The van der Waals surface area contributed by atoms with Gasteiger partial charge in [0.25, 0.3) is 0 Å². The molecule has 0 heterocycles. The van der Waals surface area contributed by atoms with Crippen LogP contribution < -0.4 is 9.47 Å². The van der Waals surface area contributed by atoms with Gasteiger partial charge >= 0.3 is 5.97 Å². The fourth-order valence-corrected chi connectivity index (χ4v) is 1.62. The summed E-state index contributed by atoms with van der Waals surface area (Å²) in [6.45, 7) is 7.37. The molecule has 1 N–H and O–H groups in total. The Morgan fingerprint density at radius 2 is 2.05 bits per heavy atom. The average molecular weight is 295 g/mol. The number of hydrogen-bond donors (Lipinski definition) is 1. The van der Waals surface area contributed by atoms with E-state index < -0.39 is 11.6 Å². The minimum Gasteiger partial charge on any atom is -0.490 e. The van der Waals surface area contributed by atoms with Crippen molar-refractivity contribution in [1.29, 1.82) is 0 Å². The highest BCUT2D eigenvalue weighted by Gasteiger charge is 2.18. The quantitative estimate of drug-likeness (QED) is 0.378. The van der Waals surface area contributed by atoms with Gasteiger partial charge in [-0.15, -0.1) is 0 Å². The SMILES string of the molecule is CCOc1cccc(C=NO)c1OCC(=O)OC(C)(C)C. The first-order valence-corrected chi connectivity index (χ1v) is 6.65.